The maximum atomic E-state index is 12.7. The summed E-state index contributed by atoms with van der Waals surface area (Å²) >= 11 is 0. The Morgan fingerprint density at radius 2 is 1.95 bits per heavy atom. The minimum Gasteiger partial charge on any atom is -0.497 e. The molecule has 1 amide bonds. The summed E-state index contributed by atoms with van der Waals surface area (Å²) in [7, 11) is 3.53. The normalized spacial score (nSPS) is 30.4. The Balaban J connectivity index is 1.64. The number of nitrogens with zero attached hydrogens (tertiary/aromatic N) is 1. The van der Waals surface area contributed by atoms with Crippen molar-refractivity contribution < 1.29 is 9.53 Å². The SMILES string of the molecule is COc1ccc(CN(C)C(=O)C2C3CCC(C3)C2N)cc1. The molecule has 4 atom stereocenters. The van der Waals surface area contributed by atoms with Crippen LogP contribution in [-0.2, 0) is 11.3 Å². The van der Waals surface area contributed by atoms with Crippen molar-refractivity contribution in [3.8, 4) is 5.75 Å². The molecule has 2 bridgehead atoms. The Bertz CT molecular complexity index is 512. The maximum absolute atomic E-state index is 12.7. The lowest BCUT2D eigenvalue weighted by molar-refractivity contribution is -0.137. The van der Waals surface area contributed by atoms with Gasteiger partial charge in [0.25, 0.3) is 0 Å². The number of fused-ring (bicyclic) bond motifs is 2. The molecule has 2 fully saturated rings. The van der Waals surface area contributed by atoms with Gasteiger partial charge in [0.1, 0.15) is 5.75 Å². The second-order valence-corrected chi connectivity index (χ2v) is 6.48. The van der Waals surface area contributed by atoms with Crippen LogP contribution in [0.3, 0.4) is 0 Å². The lowest BCUT2D eigenvalue weighted by Crippen LogP contribution is -2.45. The van der Waals surface area contributed by atoms with Crippen molar-refractivity contribution in [1.82, 2.24) is 4.90 Å². The Morgan fingerprint density at radius 3 is 2.52 bits per heavy atom. The van der Waals surface area contributed by atoms with Gasteiger partial charge in [-0.1, -0.05) is 12.1 Å². The highest BCUT2D eigenvalue weighted by atomic mass is 16.5. The molecule has 3 rings (SSSR count). The van der Waals surface area contributed by atoms with Gasteiger partial charge in [-0.05, 0) is 48.8 Å². The summed E-state index contributed by atoms with van der Waals surface area (Å²) in [6, 6.07) is 7.93. The lowest BCUT2D eigenvalue weighted by Gasteiger charge is -2.30. The Kier molecular flexibility index (Phi) is 3.89. The fourth-order valence-electron chi connectivity index (χ4n) is 4.04. The molecule has 0 saturated heterocycles. The minimum absolute atomic E-state index is 0.0343. The first kappa shape index (κ1) is 14.4. The molecular formula is C17H24N2O2. The van der Waals surface area contributed by atoms with Crippen LogP contribution in [0.25, 0.3) is 0 Å². The van der Waals surface area contributed by atoms with E-state index in [2.05, 4.69) is 0 Å². The number of methoxy groups -OCH3 is 1. The second-order valence-electron chi connectivity index (χ2n) is 6.48. The van der Waals surface area contributed by atoms with Crippen LogP contribution >= 0.6 is 0 Å². The van der Waals surface area contributed by atoms with Crippen molar-refractivity contribution in [3.05, 3.63) is 29.8 Å². The van der Waals surface area contributed by atoms with Gasteiger partial charge in [0.2, 0.25) is 5.91 Å². The zero-order chi connectivity index (χ0) is 15.0. The monoisotopic (exact) mass is 288 g/mol. The van der Waals surface area contributed by atoms with Crippen LogP contribution in [0, 0.1) is 17.8 Å². The van der Waals surface area contributed by atoms with Crippen molar-refractivity contribution >= 4 is 5.91 Å². The van der Waals surface area contributed by atoms with Gasteiger partial charge < -0.3 is 15.4 Å². The summed E-state index contributed by atoms with van der Waals surface area (Å²) in [5, 5.41) is 0. The Morgan fingerprint density at radius 1 is 1.29 bits per heavy atom. The molecule has 0 heterocycles. The highest BCUT2D eigenvalue weighted by Gasteiger charge is 2.49. The predicted molar refractivity (Wildman–Crippen MR) is 81.8 cm³/mol. The Labute approximate surface area is 126 Å². The molecule has 21 heavy (non-hydrogen) atoms. The molecule has 4 heteroatoms. The molecule has 2 saturated carbocycles. The van der Waals surface area contributed by atoms with Crippen LogP contribution < -0.4 is 10.5 Å². The summed E-state index contributed by atoms with van der Waals surface area (Å²) < 4.78 is 5.15. The topological polar surface area (TPSA) is 55.6 Å². The summed E-state index contributed by atoms with van der Waals surface area (Å²) in [6.07, 6.45) is 3.52. The standard InChI is InChI=1S/C17H24N2O2/c1-19(10-11-3-7-14(21-2)8-4-11)17(20)15-12-5-6-13(9-12)16(15)18/h3-4,7-8,12-13,15-16H,5-6,9-10,18H2,1-2H3. The van der Waals surface area contributed by atoms with Gasteiger partial charge in [-0.15, -0.1) is 0 Å². The molecule has 4 nitrogen and oxygen atoms in total. The molecule has 1 aromatic carbocycles. The third-order valence-electron chi connectivity index (χ3n) is 5.22. The molecule has 2 aliphatic carbocycles. The van der Waals surface area contributed by atoms with Crippen molar-refractivity contribution in [2.75, 3.05) is 14.2 Å². The number of hydrogen-bond donors (Lipinski definition) is 1. The van der Waals surface area contributed by atoms with Crippen LogP contribution in [0.5, 0.6) is 5.75 Å². The van der Waals surface area contributed by atoms with Crippen LogP contribution in [0.15, 0.2) is 24.3 Å². The van der Waals surface area contributed by atoms with Crippen LogP contribution in [-0.4, -0.2) is 31.0 Å². The maximum Gasteiger partial charge on any atom is 0.227 e. The molecule has 0 aliphatic heterocycles. The molecule has 0 aromatic heterocycles. The van der Waals surface area contributed by atoms with E-state index in [1.165, 1.54) is 12.8 Å². The van der Waals surface area contributed by atoms with Crippen LogP contribution in [0.2, 0.25) is 0 Å². The first-order chi connectivity index (χ1) is 10.1. The third-order valence-corrected chi connectivity index (χ3v) is 5.22. The summed E-state index contributed by atoms with van der Waals surface area (Å²) in [6.45, 7) is 0.628. The number of nitrogens with two attached hydrogens (primary N) is 1. The number of carbonyl (C=O) groups excluding carboxylic acids is 1. The van der Waals surface area contributed by atoms with Gasteiger partial charge in [-0.2, -0.15) is 0 Å². The average molecular weight is 288 g/mol. The summed E-state index contributed by atoms with van der Waals surface area (Å²) in [5.41, 5.74) is 7.38. The van der Waals surface area contributed by atoms with Crippen molar-refractivity contribution in [2.45, 2.75) is 31.8 Å². The lowest BCUT2D eigenvalue weighted by atomic mass is 9.84. The second kappa shape index (κ2) is 5.68. The van der Waals surface area contributed by atoms with Crippen molar-refractivity contribution in [3.63, 3.8) is 0 Å². The molecule has 2 N–H and O–H groups in total. The highest BCUT2D eigenvalue weighted by molar-refractivity contribution is 5.80. The molecule has 1 aromatic rings. The van der Waals surface area contributed by atoms with E-state index in [0.29, 0.717) is 18.4 Å². The zero-order valence-electron chi connectivity index (χ0n) is 12.8. The van der Waals surface area contributed by atoms with Gasteiger partial charge in [0.15, 0.2) is 0 Å². The molecule has 0 radical (unpaired) electrons. The predicted octanol–water partition coefficient (Wildman–Crippen LogP) is 2.03. The van der Waals surface area contributed by atoms with Gasteiger partial charge >= 0.3 is 0 Å². The average Bonchev–Trinajstić information content (AvgIpc) is 3.08. The molecule has 4 unspecified atom stereocenters. The van der Waals surface area contributed by atoms with E-state index in [1.54, 1.807) is 7.11 Å². The highest BCUT2D eigenvalue weighted by Crippen LogP contribution is 2.48. The molecule has 0 spiro atoms. The van der Waals surface area contributed by atoms with Gasteiger partial charge in [0.05, 0.1) is 13.0 Å². The first-order valence-corrected chi connectivity index (χ1v) is 7.73. The molecular weight excluding hydrogens is 264 g/mol. The fraction of sp³-hybridized carbons (Fsp3) is 0.588. The molecule has 114 valence electrons. The number of hydrogen-bond acceptors (Lipinski definition) is 3. The molecule has 2 aliphatic rings. The number of carbonyl (C=O) groups is 1. The van der Waals surface area contributed by atoms with Crippen molar-refractivity contribution in [2.24, 2.45) is 23.5 Å². The van der Waals surface area contributed by atoms with Gasteiger partial charge in [0, 0.05) is 19.6 Å². The van der Waals surface area contributed by atoms with Crippen LogP contribution in [0.4, 0.5) is 0 Å². The van der Waals surface area contributed by atoms with E-state index < -0.39 is 0 Å². The van der Waals surface area contributed by atoms with E-state index in [-0.39, 0.29) is 17.9 Å². The minimum atomic E-state index is 0.0343. The van der Waals surface area contributed by atoms with E-state index >= 15 is 0 Å². The first-order valence-electron chi connectivity index (χ1n) is 7.73. The number of ether oxygens (including phenoxy) is 1. The largest absolute Gasteiger partial charge is 0.497 e. The van der Waals surface area contributed by atoms with Gasteiger partial charge in [-0.3, -0.25) is 4.79 Å². The third kappa shape index (κ3) is 2.64. The fourth-order valence-corrected chi connectivity index (χ4v) is 4.04. The van der Waals surface area contributed by atoms with Crippen molar-refractivity contribution in [1.29, 1.82) is 0 Å². The van der Waals surface area contributed by atoms with E-state index in [9.17, 15) is 4.79 Å². The quantitative estimate of drug-likeness (QED) is 0.922. The summed E-state index contributed by atoms with van der Waals surface area (Å²) in [4.78, 5) is 14.5. The van der Waals surface area contributed by atoms with Crippen LogP contribution in [0.1, 0.15) is 24.8 Å². The summed E-state index contributed by atoms with van der Waals surface area (Å²) in [5.74, 6) is 2.16. The van der Waals surface area contributed by atoms with E-state index in [0.717, 1.165) is 17.7 Å². The van der Waals surface area contributed by atoms with E-state index in [1.807, 2.05) is 36.2 Å². The zero-order valence-corrected chi connectivity index (χ0v) is 12.8. The van der Waals surface area contributed by atoms with Gasteiger partial charge in [-0.25, -0.2) is 0 Å². The smallest absolute Gasteiger partial charge is 0.227 e. The number of amides is 1. The van der Waals surface area contributed by atoms with E-state index in [4.69, 9.17) is 10.5 Å². The Hall–Kier alpha value is -1.55. The number of benzene rings is 1. The number of rotatable bonds is 4.